The van der Waals surface area contributed by atoms with Crippen molar-refractivity contribution in [3.63, 3.8) is 0 Å². The summed E-state index contributed by atoms with van der Waals surface area (Å²) in [7, 11) is 0. The number of Topliss-reactive ketones (excluding diaryl/α,β-unsaturated/α-hetero) is 2. The van der Waals surface area contributed by atoms with Crippen LogP contribution in [0.25, 0.3) is 0 Å². The maximum atomic E-state index is 11.9. The second-order valence-electron chi connectivity index (χ2n) is 3.75. The first-order valence-corrected chi connectivity index (χ1v) is 5.41. The molecular formula is C13H10N3O3+. The first-order chi connectivity index (χ1) is 9.09. The van der Waals surface area contributed by atoms with Gasteiger partial charge in [-0.25, -0.2) is 4.98 Å². The lowest BCUT2D eigenvalue weighted by Crippen LogP contribution is -2.16. The van der Waals surface area contributed by atoms with E-state index in [4.69, 9.17) is 5.84 Å². The molecule has 0 aliphatic heterocycles. The minimum Gasteiger partial charge on any atom is -0.285 e. The minimum absolute atomic E-state index is 0.0283. The summed E-state index contributed by atoms with van der Waals surface area (Å²) >= 11 is 0. The van der Waals surface area contributed by atoms with Gasteiger partial charge in [0, 0.05) is 11.6 Å². The Balaban J connectivity index is 2.25. The van der Waals surface area contributed by atoms with E-state index >= 15 is 0 Å². The molecule has 0 amide bonds. The Bertz CT molecular complexity index is 636. The third-order valence-electron chi connectivity index (χ3n) is 2.48. The van der Waals surface area contributed by atoms with Crippen molar-refractivity contribution >= 4 is 17.3 Å². The molecule has 6 nitrogen and oxygen atoms in total. The molecule has 0 aliphatic carbocycles. The molecular weight excluding hydrogens is 246 g/mol. The van der Waals surface area contributed by atoms with Crippen LogP contribution in [0, 0.1) is 4.91 Å². The van der Waals surface area contributed by atoms with Gasteiger partial charge in [0.05, 0.1) is 4.91 Å². The Morgan fingerprint density at radius 2 is 1.68 bits per heavy atom. The van der Waals surface area contributed by atoms with Crippen LogP contribution >= 0.6 is 0 Å². The Morgan fingerprint density at radius 3 is 2.21 bits per heavy atom. The summed E-state index contributed by atoms with van der Waals surface area (Å²) in [6, 6.07) is 10.8. The van der Waals surface area contributed by atoms with Crippen molar-refractivity contribution in [3.05, 3.63) is 64.8 Å². The zero-order valence-electron chi connectivity index (χ0n) is 9.82. The number of benzene rings is 1. The Labute approximate surface area is 108 Å². The largest absolute Gasteiger partial charge is 0.309 e. The Hall–Kier alpha value is -2.89. The maximum Gasteiger partial charge on any atom is 0.309 e. The summed E-state index contributed by atoms with van der Waals surface area (Å²) in [6.45, 7) is 0. The fourth-order valence-electron chi connectivity index (χ4n) is 1.49. The van der Waals surface area contributed by atoms with Crippen LogP contribution in [0.15, 0.2) is 48.7 Å². The van der Waals surface area contributed by atoms with Crippen LogP contribution < -0.4 is 5.84 Å². The normalized spacial score (nSPS) is 9.89. The molecule has 1 aromatic heterocycles. The summed E-state index contributed by atoms with van der Waals surface area (Å²) in [5.41, 5.74) is 0.366. The van der Waals surface area contributed by atoms with E-state index in [1.54, 1.807) is 30.3 Å². The van der Waals surface area contributed by atoms with E-state index in [9.17, 15) is 14.5 Å². The minimum atomic E-state index is -0.729. The highest BCUT2D eigenvalue weighted by Gasteiger charge is 2.20. The second-order valence-corrected chi connectivity index (χ2v) is 3.75. The molecule has 0 radical (unpaired) electrons. The number of hydrogen-bond donors (Lipinski definition) is 1. The average Bonchev–Trinajstić information content (AvgIpc) is 2.46. The van der Waals surface area contributed by atoms with Crippen molar-refractivity contribution in [1.29, 1.82) is 0 Å². The summed E-state index contributed by atoms with van der Waals surface area (Å²) in [5, 5.41) is 0. The van der Waals surface area contributed by atoms with Gasteiger partial charge in [-0.1, -0.05) is 30.3 Å². The van der Waals surface area contributed by atoms with Gasteiger partial charge in [0.15, 0.2) is 4.87 Å². The summed E-state index contributed by atoms with van der Waals surface area (Å²) in [6.07, 6.45) is 1.14. The van der Waals surface area contributed by atoms with E-state index in [1.807, 2.05) is 0 Å². The lowest BCUT2D eigenvalue weighted by atomic mass is 10.1. The third kappa shape index (κ3) is 2.68. The zero-order chi connectivity index (χ0) is 13.8. The molecule has 0 atom stereocenters. The van der Waals surface area contributed by atoms with Gasteiger partial charge in [0.1, 0.15) is 11.9 Å². The van der Waals surface area contributed by atoms with E-state index in [-0.39, 0.29) is 16.3 Å². The molecule has 1 aromatic carbocycles. The average molecular weight is 256 g/mol. The molecule has 0 bridgehead atoms. The molecule has 0 saturated heterocycles. The van der Waals surface area contributed by atoms with Gasteiger partial charge in [0.2, 0.25) is 5.78 Å². The molecule has 2 N–H and O–H groups in total. The number of hydrogen-bond acceptors (Lipinski definition) is 4. The van der Waals surface area contributed by atoms with Crippen LogP contribution in [0.2, 0.25) is 0 Å². The van der Waals surface area contributed by atoms with E-state index in [0.29, 0.717) is 5.56 Å². The zero-order valence-corrected chi connectivity index (χ0v) is 9.82. The molecule has 2 rings (SSSR count). The molecule has 0 unspecified atom stereocenters. The van der Waals surface area contributed by atoms with Crippen molar-refractivity contribution in [2.24, 2.45) is 5.84 Å². The molecule has 0 aliphatic rings. The van der Waals surface area contributed by atoms with Crippen molar-refractivity contribution in [2.75, 3.05) is 0 Å². The standard InChI is InChI=1S/C13H10N3O3/c14-16(19)10-6-7-11(15-8-10)13(18)12(17)9-4-2-1-3-5-9/h1-8H,(H2,14,19)/q+1. The van der Waals surface area contributed by atoms with Crippen molar-refractivity contribution in [1.82, 2.24) is 4.98 Å². The Morgan fingerprint density at radius 1 is 1.00 bits per heavy atom. The number of carbonyl (C=O) groups is 2. The molecule has 19 heavy (non-hydrogen) atoms. The number of nitroso groups, excluding NO2 is 1. The summed E-state index contributed by atoms with van der Waals surface area (Å²) < 4.78 is 0. The van der Waals surface area contributed by atoms with Gasteiger partial charge in [-0.2, -0.15) is 5.84 Å². The highest BCUT2D eigenvalue weighted by molar-refractivity contribution is 6.48. The van der Waals surface area contributed by atoms with Crippen molar-refractivity contribution in [2.45, 2.75) is 0 Å². The van der Waals surface area contributed by atoms with Crippen LogP contribution in [0.4, 0.5) is 5.69 Å². The van der Waals surface area contributed by atoms with Crippen LogP contribution in [0.1, 0.15) is 20.8 Å². The molecule has 0 saturated carbocycles. The van der Waals surface area contributed by atoms with E-state index < -0.39 is 11.6 Å². The fourth-order valence-corrected chi connectivity index (χ4v) is 1.49. The number of nitrogens with two attached hydrogens (primary N) is 1. The SMILES string of the molecule is N[N+](=O)c1ccc(C(=O)C(=O)c2ccccc2)nc1. The first-order valence-electron chi connectivity index (χ1n) is 5.41. The van der Waals surface area contributed by atoms with Crippen molar-refractivity contribution in [3.8, 4) is 0 Å². The fraction of sp³-hybridized carbons (Fsp3) is 0. The lowest BCUT2D eigenvalue weighted by molar-refractivity contribution is -0.475. The van der Waals surface area contributed by atoms with Crippen LogP contribution in [0.5, 0.6) is 0 Å². The van der Waals surface area contributed by atoms with E-state index in [1.165, 1.54) is 12.1 Å². The maximum absolute atomic E-state index is 11.9. The van der Waals surface area contributed by atoms with Gasteiger partial charge in [-0.3, -0.25) is 9.59 Å². The molecule has 0 fully saturated rings. The summed E-state index contributed by atoms with van der Waals surface area (Å²) in [4.78, 5) is 38.4. The quantitative estimate of drug-likeness (QED) is 0.293. The topological polar surface area (TPSA) is 93.1 Å². The first kappa shape index (κ1) is 12.6. The Kier molecular flexibility index (Phi) is 3.42. The van der Waals surface area contributed by atoms with E-state index in [0.717, 1.165) is 6.20 Å². The van der Waals surface area contributed by atoms with Gasteiger partial charge in [-0.05, 0) is 6.07 Å². The number of hydrazine groups is 1. The molecule has 1 heterocycles. The molecule has 94 valence electrons. The highest BCUT2D eigenvalue weighted by Crippen LogP contribution is 2.10. The number of ketones is 2. The van der Waals surface area contributed by atoms with Gasteiger partial charge >= 0.3 is 5.69 Å². The van der Waals surface area contributed by atoms with Gasteiger partial charge in [0.25, 0.3) is 5.78 Å². The molecule has 2 aromatic rings. The van der Waals surface area contributed by atoms with Crippen LogP contribution in [0.3, 0.4) is 0 Å². The number of carbonyl (C=O) groups excluding carboxylic acids is 2. The van der Waals surface area contributed by atoms with Gasteiger partial charge in [-0.15, -0.1) is 0 Å². The van der Waals surface area contributed by atoms with Crippen LogP contribution in [-0.2, 0) is 0 Å². The van der Waals surface area contributed by atoms with E-state index in [2.05, 4.69) is 4.98 Å². The summed E-state index contributed by atoms with van der Waals surface area (Å²) in [5.74, 6) is 3.60. The predicted molar refractivity (Wildman–Crippen MR) is 66.8 cm³/mol. The number of nitrogens with zero attached hydrogens (tertiary/aromatic N) is 2. The number of pyridine rings is 1. The lowest BCUT2D eigenvalue weighted by Gasteiger charge is -1.99. The van der Waals surface area contributed by atoms with Crippen LogP contribution in [-0.4, -0.2) is 21.4 Å². The van der Waals surface area contributed by atoms with Gasteiger partial charge < -0.3 is 0 Å². The molecule has 0 spiro atoms. The van der Waals surface area contributed by atoms with Crippen molar-refractivity contribution < 1.29 is 14.5 Å². The second kappa shape index (κ2) is 5.18. The monoisotopic (exact) mass is 256 g/mol. The smallest absolute Gasteiger partial charge is 0.285 e. The molecule has 6 heteroatoms. The highest BCUT2D eigenvalue weighted by atomic mass is 16.3. The third-order valence-corrected chi connectivity index (χ3v) is 2.48. The predicted octanol–water partition coefficient (Wildman–Crippen LogP) is 1.43. The number of aromatic nitrogens is 1. The number of rotatable bonds is 4.